The van der Waals surface area contributed by atoms with Gasteiger partial charge in [-0.15, -0.1) is 0 Å². The molecule has 9 heteroatoms. The number of anilines is 1. The molecular weight excluding hydrogens is 286 g/mol. The molecule has 112 valence electrons. The fourth-order valence-corrected chi connectivity index (χ4v) is 2.74. The number of rotatable bonds is 7. The molecule has 0 aliphatic rings. The lowest BCUT2D eigenvalue weighted by Crippen LogP contribution is -2.30. The van der Waals surface area contributed by atoms with Gasteiger partial charge < -0.3 is 10.5 Å². The molecule has 0 aliphatic heterocycles. The number of methoxy groups -OCH3 is 1. The van der Waals surface area contributed by atoms with Crippen LogP contribution in [0.3, 0.4) is 0 Å². The zero-order valence-corrected chi connectivity index (χ0v) is 12.0. The van der Waals surface area contributed by atoms with Crippen LogP contribution in [0.5, 0.6) is 0 Å². The molecule has 0 aromatic heterocycles. The smallest absolute Gasteiger partial charge is 0.292 e. The molecule has 1 aromatic carbocycles. The van der Waals surface area contributed by atoms with E-state index in [0.717, 1.165) is 18.2 Å². The van der Waals surface area contributed by atoms with Crippen LogP contribution in [0.4, 0.5) is 11.4 Å². The van der Waals surface area contributed by atoms with Gasteiger partial charge in [0.2, 0.25) is 10.0 Å². The Kier molecular flexibility index (Phi) is 5.43. The molecule has 0 aliphatic carbocycles. The lowest BCUT2D eigenvalue weighted by atomic mass is 10.2. The van der Waals surface area contributed by atoms with Gasteiger partial charge in [-0.05, 0) is 18.1 Å². The third-order valence-electron chi connectivity index (χ3n) is 2.58. The van der Waals surface area contributed by atoms with Crippen molar-refractivity contribution in [1.29, 1.82) is 0 Å². The lowest BCUT2D eigenvalue weighted by Gasteiger charge is -2.12. The zero-order chi connectivity index (χ0) is 15.3. The number of nitrogens with one attached hydrogen (secondary N) is 1. The maximum atomic E-state index is 12.0. The highest BCUT2D eigenvalue weighted by Crippen LogP contribution is 2.24. The number of ether oxygens (including phenoxy) is 1. The van der Waals surface area contributed by atoms with E-state index in [2.05, 4.69) is 4.72 Å². The van der Waals surface area contributed by atoms with Crippen LogP contribution in [-0.2, 0) is 14.8 Å². The Labute approximate surface area is 117 Å². The van der Waals surface area contributed by atoms with Gasteiger partial charge in [0.25, 0.3) is 5.69 Å². The highest BCUT2D eigenvalue weighted by molar-refractivity contribution is 7.89. The molecule has 1 atom stereocenters. The molecule has 3 N–H and O–H groups in total. The van der Waals surface area contributed by atoms with E-state index in [0.29, 0.717) is 6.61 Å². The number of nitrogens with two attached hydrogens (primary N) is 1. The first-order valence-corrected chi connectivity index (χ1v) is 7.28. The van der Waals surface area contributed by atoms with Crippen molar-refractivity contribution in [1.82, 2.24) is 4.72 Å². The highest BCUT2D eigenvalue weighted by atomic mass is 32.2. The van der Waals surface area contributed by atoms with E-state index in [4.69, 9.17) is 10.5 Å². The maximum absolute atomic E-state index is 12.0. The zero-order valence-electron chi connectivity index (χ0n) is 11.2. The lowest BCUT2D eigenvalue weighted by molar-refractivity contribution is -0.383. The number of hydrogen-bond acceptors (Lipinski definition) is 6. The molecule has 0 bridgehead atoms. The summed E-state index contributed by atoms with van der Waals surface area (Å²) < 4.78 is 31.3. The summed E-state index contributed by atoms with van der Waals surface area (Å²) in [5, 5.41) is 10.6. The van der Waals surface area contributed by atoms with Crippen LogP contribution in [0.1, 0.15) is 6.92 Å². The average Bonchev–Trinajstić information content (AvgIpc) is 2.36. The van der Waals surface area contributed by atoms with Gasteiger partial charge in [-0.1, -0.05) is 6.92 Å². The van der Waals surface area contributed by atoms with E-state index in [1.165, 1.54) is 7.11 Å². The summed E-state index contributed by atoms with van der Waals surface area (Å²) in [6, 6.07) is 3.29. The first-order chi connectivity index (χ1) is 9.27. The molecule has 1 unspecified atom stereocenters. The van der Waals surface area contributed by atoms with E-state index < -0.39 is 14.9 Å². The van der Waals surface area contributed by atoms with E-state index in [1.54, 1.807) is 0 Å². The topological polar surface area (TPSA) is 125 Å². The van der Waals surface area contributed by atoms with Crippen molar-refractivity contribution < 1.29 is 18.1 Å². The van der Waals surface area contributed by atoms with Crippen LogP contribution in [0.15, 0.2) is 23.1 Å². The van der Waals surface area contributed by atoms with E-state index in [-0.39, 0.29) is 28.7 Å². The molecular formula is C11H17N3O5S. The van der Waals surface area contributed by atoms with Crippen molar-refractivity contribution >= 4 is 21.4 Å². The second-order valence-corrected chi connectivity index (χ2v) is 6.16. The Morgan fingerprint density at radius 1 is 1.50 bits per heavy atom. The Hall–Kier alpha value is -1.71. The molecule has 0 heterocycles. The van der Waals surface area contributed by atoms with Crippen LogP contribution < -0.4 is 10.5 Å². The van der Waals surface area contributed by atoms with Crippen LogP contribution in [0, 0.1) is 16.0 Å². The number of nitrogens with zero attached hydrogens (tertiary/aromatic N) is 1. The predicted octanol–water partition coefficient (Wildman–Crippen LogP) is 0.738. The number of nitro groups is 1. The minimum Gasteiger partial charge on any atom is -0.393 e. The SMILES string of the molecule is COCC(C)CNS(=O)(=O)c1ccc([N+](=O)[O-])c(N)c1. The van der Waals surface area contributed by atoms with E-state index in [1.807, 2.05) is 6.92 Å². The standard InChI is InChI=1S/C11H17N3O5S/c1-8(7-19-2)6-13-20(17,18)9-3-4-11(14(15)16)10(12)5-9/h3-5,8,13H,6-7,12H2,1-2H3. The molecule has 20 heavy (non-hydrogen) atoms. The van der Waals surface area contributed by atoms with Crippen LogP contribution in [-0.4, -0.2) is 33.6 Å². The number of hydrogen-bond donors (Lipinski definition) is 2. The van der Waals surface area contributed by atoms with Crippen LogP contribution >= 0.6 is 0 Å². The van der Waals surface area contributed by atoms with Crippen molar-refractivity contribution in [2.24, 2.45) is 5.92 Å². The van der Waals surface area contributed by atoms with Gasteiger partial charge in [0.05, 0.1) is 9.82 Å². The number of nitro benzene ring substituents is 1. The van der Waals surface area contributed by atoms with Crippen LogP contribution in [0.2, 0.25) is 0 Å². The maximum Gasteiger partial charge on any atom is 0.292 e. The fraction of sp³-hybridized carbons (Fsp3) is 0.455. The average molecular weight is 303 g/mol. The van der Waals surface area contributed by atoms with Gasteiger partial charge in [-0.3, -0.25) is 10.1 Å². The number of benzene rings is 1. The predicted molar refractivity (Wildman–Crippen MR) is 73.7 cm³/mol. The quantitative estimate of drug-likeness (QED) is 0.435. The summed E-state index contributed by atoms with van der Waals surface area (Å²) in [5.41, 5.74) is 4.95. The molecule has 1 rings (SSSR count). The van der Waals surface area contributed by atoms with Gasteiger partial charge in [-0.2, -0.15) is 0 Å². The van der Waals surface area contributed by atoms with E-state index >= 15 is 0 Å². The minimum absolute atomic E-state index is 0.00479. The van der Waals surface area contributed by atoms with Crippen molar-refractivity contribution in [2.45, 2.75) is 11.8 Å². The summed E-state index contributed by atoms with van der Waals surface area (Å²) in [5.74, 6) is 0.00479. The third kappa shape index (κ3) is 4.15. The van der Waals surface area contributed by atoms with Gasteiger partial charge >= 0.3 is 0 Å². The third-order valence-corrected chi connectivity index (χ3v) is 4.00. The minimum atomic E-state index is -3.75. The normalized spacial score (nSPS) is 13.1. The molecule has 0 radical (unpaired) electrons. The summed E-state index contributed by atoms with van der Waals surface area (Å²) in [7, 11) is -2.22. The Balaban J connectivity index is 2.88. The molecule has 0 spiro atoms. The van der Waals surface area contributed by atoms with Crippen molar-refractivity contribution in [3.05, 3.63) is 28.3 Å². The number of sulfonamides is 1. The molecule has 0 fully saturated rings. The van der Waals surface area contributed by atoms with Crippen LogP contribution in [0.25, 0.3) is 0 Å². The second-order valence-electron chi connectivity index (χ2n) is 4.39. The van der Waals surface area contributed by atoms with Gasteiger partial charge in [0.15, 0.2) is 0 Å². The fourth-order valence-electron chi connectivity index (χ4n) is 1.54. The summed E-state index contributed by atoms with van der Waals surface area (Å²) in [4.78, 5) is 9.84. The molecule has 0 amide bonds. The Bertz CT molecular complexity index is 588. The highest BCUT2D eigenvalue weighted by Gasteiger charge is 2.19. The summed E-state index contributed by atoms with van der Waals surface area (Å²) in [6.07, 6.45) is 0. The van der Waals surface area contributed by atoms with Crippen molar-refractivity contribution in [3.8, 4) is 0 Å². The molecule has 1 aromatic rings. The molecule has 8 nitrogen and oxygen atoms in total. The largest absolute Gasteiger partial charge is 0.393 e. The monoisotopic (exact) mass is 303 g/mol. The Morgan fingerprint density at radius 3 is 2.65 bits per heavy atom. The van der Waals surface area contributed by atoms with Crippen molar-refractivity contribution in [3.63, 3.8) is 0 Å². The first-order valence-electron chi connectivity index (χ1n) is 5.80. The summed E-state index contributed by atoms with van der Waals surface area (Å²) in [6.45, 7) is 2.45. The van der Waals surface area contributed by atoms with E-state index in [9.17, 15) is 18.5 Å². The Morgan fingerprint density at radius 2 is 2.15 bits per heavy atom. The van der Waals surface area contributed by atoms with Crippen molar-refractivity contribution in [2.75, 3.05) is 26.0 Å². The summed E-state index contributed by atoms with van der Waals surface area (Å²) >= 11 is 0. The number of nitrogen functional groups attached to an aromatic ring is 1. The second kappa shape index (κ2) is 6.64. The van der Waals surface area contributed by atoms with Gasteiger partial charge in [-0.25, -0.2) is 13.1 Å². The van der Waals surface area contributed by atoms with Gasteiger partial charge in [0, 0.05) is 26.3 Å². The first kappa shape index (κ1) is 16.3. The molecule has 0 saturated heterocycles. The van der Waals surface area contributed by atoms with Gasteiger partial charge in [0.1, 0.15) is 5.69 Å². The molecule has 0 saturated carbocycles.